The second-order valence-electron chi connectivity index (χ2n) is 4.97. The summed E-state index contributed by atoms with van der Waals surface area (Å²) in [6.07, 6.45) is 1.07. The van der Waals surface area contributed by atoms with Gasteiger partial charge in [0, 0.05) is 12.6 Å². The largest absolute Gasteiger partial charge is 0.481 e. The van der Waals surface area contributed by atoms with E-state index in [1.165, 1.54) is 11.3 Å². The Morgan fingerprint density at radius 1 is 1.53 bits per heavy atom. The third-order valence-electron chi connectivity index (χ3n) is 3.55. The van der Waals surface area contributed by atoms with Crippen LogP contribution < -0.4 is 0 Å². The normalized spacial score (nSPS) is 23.4. The van der Waals surface area contributed by atoms with Crippen molar-refractivity contribution in [1.82, 2.24) is 4.90 Å². The highest BCUT2D eigenvalue weighted by Crippen LogP contribution is 2.31. The number of hydrogen-bond acceptors (Lipinski definition) is 3. The molecule has 0 spiro atoms. The predicted octanol–water partition coefficient (Wildman–Crippen LogP) is 3.14. The van der Waals surface area contributed by atoms with Crippen LogP contribution >= 0.6 is 27.3 Å². The molecule has 1 N–H and O–H groups in total. The Bertz CT molecular complexity index is 494. The second-order valence-corrected chi connectivity index (χ2v) is 7.34. The van der Waals surface area contributed by atoms with Crippen molar-refractivity contribution in [3.8, 4) is 0 Å². The Morgan fingerprint density at radius 3 is 2.68 bits per heavy atom. The second kappa shape index (κ2) is 5.63. The minimum atomic E-state index is -0.756. The van der Waals surface area contributed by atoms with Crippen molar-refractivity contribution in [1.29, 1.82) is 0 Å². The molecule has 0 saturated carbocycles. The van der Waals surface area contributed by atoms with Gasteiger partial charge in [-0.1, -0.05) is 0 Å². The summed E-state index contributed by atoms with van der Waals surface area (Å²) in [4.78, 5) is 25.9. The molecule has 2 atom stereocenters. The van der Waals surface area contributed by atoms with Gasteiger partial charge in [0.2, 0.25) is 0 Å². The van der Waals surface area contributed by atoms with Crippen molar-refractivity contribution < 1.29 is 14.7 Å². The van der Waals surface area contributed by atoms with E-state index in [1.807, 2.05) is 19.9 Å². The van der Waals surface area contributed by atoms with E-state index < -0.39 is 5.97 Å². The maximum atomic E-state index is 12.4. The number of halogens is 1. The molecule has 1 aromatic heterocycles. The van der Waals surface area contributed by atoms with Gasteiger partial charge in [-0.25, -0.2) is 0 Å². The average Bonchev–Trinajstić information content (AvgIpc) is 2.68. The van der Waals surface area contributed by atoms with E-state index in [2.05, 4.69) is 15.9 Å². The van der Waals surface area contributed by atoms with Crippen molar-refractivity contribution >= 4 is 39.1 Å². The molecule has 1 aliphatic rings. The van der Waals surface area contributed by atoms with Gasteiger partial charge in [-0.3, -0.25) is 9.59 Å². The van der Waals surface area contributed by atoms with Gasteiger partial charge in [0.1, 0.15) is 0 Å². The van der Waals surface area contributed by atoms with E-state index in [4.69, 9.17) is 5.11 Å². The predicted molar refractivity (Wildman–Crippen MR) is 77.6 cm³/mol. The number of nitrogens with zero attached hydrogens (tertiary/aromatic N) is 1. The highest BCUT2D eigenvalue weighted by atomic mass is 79.9. The van der Waals surface area contributed by atoms with Crippen molar-refractivity contribution in [2.45, 2.75) is 32.7 Å². The maximum Gasteiger partial charge on any atom is 0.306 e. The molecule has 6 heteroatoms. The lowest BCUT2D eigenvalue weighted by atomic mass is 9.91. The SMILES string of the molecule is Cc1cc(C(=O)N2CCC(C(=O)O)CC2C)sc1Br. The Hall–Kier alpha value is -0.880. The van der Waals surface area contributed by atoms with Crippen LogP contribution in [0.1, 0.15) is 35.0 Å². The van der Waals surface area contributed by atoms with Crippen LogP contribution in [0, 0.1) is 12.8 Å². The number of piperidine rings is 1. The fourth-order valence-corrected chi connectivity index (χ4v) is 3.90. The minimum Gasteiger partial charge on any atom is -0.481 e. The molecule has 4 nitrogen and oxygen atoms in total. The molecule has 1 aliphatic heterocycles. The fourth-order valence-electron chi connectivity index (χ4n) is 2.40. The van der Waals surface area contributed by atoms with Crippen LogP contribution in [0.2, 0.25) is 0 Å². The molecule has 0 radical (unpaired) electrons. The van der Waals surface area contributed by atoms with Gasteiger partial charge in [0.05, 0.1) is 14.6 Å². The lowest BCUT2D eigenvalue weighted by Crippen LogP contribution is -2.45. The first-order chi connectivity index (χ1) is 8.90. The summed E-state index contributed by atoms with van der Waals surface area (Å²) in [5.41, 5.74) is 1.06. The molecular formula is C13H16BrNO3S. The summed E-state index contributed by atoms with van der Waals surface area (Å²) < 4.78 is 0.976. The van der Waals surface area contributed by atoms with Crippen LogP contribution in [0.15, 0.2) is 9.85 Å². The first kappa shape index (κ1) is 14.5. The maximum absolute atomic E-state index is 12.4. The van der Waals surface area contributed by atoms with Crippen LogP contribution in [0.4, 0.5) is 0 Å². The Kier molecular flexibility index (Phi) is 4.30. The molecule has 2 heterocycles. The smallest absolute Gasteiger partial charge is 0.306 e. The van der Waals surface area contributed by atoms with Crippen molar-refractivity contribution in [3.63, 3.8) is 0 Å². The third kappa shape index (κ3) is 3.00. The number of carbonyl (C=O) groups is 2. The summed E-state index contributed by atoms with van der Waals surface area (Å²) in [6.45, 7) is 4.39. The van der Waals surface area contributed by atoms with E-state index in [9.17, 15) is 9.59 Å². The summed E-state index contributed by atoms with van der Waals surface area (Å²) in [5, 5.41) is 9.03. The monoisotopic (exact) mass is 345 g/mol. The zero-order valence-electron chi connectivity index (χ0n) is 10.9. The molecule has 1 amide bonds. The zero-order chi connectivity index (χ0) is 14.2. The van der Waals surface area contributed by atoms with E-state index in [0.29, 0.717) is 24.3 Å². The number of hydrogen-bond donors (Lipinski definition) is 1. The number of carbonyl (C=O) groups excluding carboxylic acids is 1. The topological polar surface area (TPSA) is 57.6 Å². The minimum absolute atomic E-state index is 0.00939. The first-order valence-corrected chi connectivity index (χ1v) is 7.80. The van der Waals surface area contributed by atoms with E-state index >= 15 is 0 Å². The van der Waals surface area contributed by atoms with Gasteiger partial charge in [-0.2, -0.15) is 0 Å². The average molecular weight is 346 g/mol. The zero-order valence-corrected chi connectivity index (χ0v) is 13.3. The third-order valence-corrected chi connectivity index (χ3v) is 5.68. The fraction of sp³-hybridized carbons (Fsp3) is 0.538. The van der Waals surface area contributed by atoms with Crippen LogP contribution in [-0.4, -0.2) is 34.5 Å². The summed E-state index contributed by atoms with van der Waals surface area (Å²) >= 11 is 4.86. The Balaban J connectivity index is 2.10. The summed E-state index contributed by atoms with van der Waals surface area (Å²) in [5.74, 6) is -1.07. The number of aliphatic carboxylic acids is 1. The number of carboxylic acid groups (broad SMARTS) is 1. The van der Waals surface area contributed by atoms with Crippen molar-refractivity contribution in [3.05, 3.63) is 20.3 Å². The van der Waals surface area contributed by atoms with Crippen LogP contribution in [0.25, 0.3) is 0 Å². The van der Waals surface area contributed by atoms with Crippen LogP contribution in [0.5, 0.6) is 0 Å². The number of aryl methyl sites for hydroxylation is 1. The molecule has 1 saturated heterocycles. The highest BCUT2D eigenvalue weighted by Gasteiger charge is 2.33. The van der Waals surface area contributed by atoms with Gasteiger partial charge < -0.3 is 10.0 Å². The van der Waals surface area contributed by atoms with Crippen molar-refractivity contribution in [2.75, 3.05) is 6.54 Å². The molecule has 2 unspecified atom stereocenters. The molecule has 19 heavy (non-hydrogen) atoms. The molecule has 1 fully saturated rings. The van der Waals surface area contributed by atoms with E-state index in [0.717, 1.165) is 9.35 Å². The van der Waals surface area contributed by atoms with Crippen LogP contribution in [-0.2, 0) is 4.79 Å². The molecule has 1 aromatic rings. The molecule has 2 rings (SSSR count). The van der Waals surface area contributed by atoms with Gasteiger partial charge in [0.15, 0.2) is 0 Å². The summed E-state index contributed by atoms with van der Waals surface area (Å²) in [7, 11) is 0. The highest BCUT2D eigenvalue weighted by molar-refractivity contribution is 9.11. The van der Waals surface area contributed by atoms with Gasteiger partial charge in [0.25, 0.3) is 5.91 Å². The molecular weight excluding hydrogens is 330 g/mol. The standard InChI is InChI=1S/C13H16BrNO3S/c1-7-5-10(19-11(7)14)12(16)15-4-3-9(13(17)18)6-8(15)2/h5,8-9H,3-4,6H2,1-2H3,(H,17,18). The lowest BCUT2D eigenvalue weighted by molar-refractivity contribution is -0.143. The Morgan fingerprint density at radius 2 is 2.21 bits per heavy atom. The number of thiophene rings is 1. The van der Waals surface area contributed by atoms with Gasteiger partial charge in [-0.15, -0.1) is 11.3 Å². The first-order valence-electron chi connectivity index (χ1n) is 6.20. The number of likely N-dealkylation sites (tertiary alicyclic amines) is 1. The number of rotatable bonds is 2. The quantitative estimate of drug-likeness (QED) is 0.895. The number of amides is 1. The summed E-state index contributed by atoms with van der Waals surface area (Å²) in [6, 6.07) is 1.86. The van der Waals surface area contributed by atoms with E-state index in [-0.39, 0.29) is 17.9 Å². The Labute approximate surface area is 124 Å². The van der Waals surface area contributed by atoms with Crippen molar-refractivity contribution in [2.24, 2.45) is 5.92 Å². The van der Waals surface area contributed by atoms with Gasteiger partial charge >= 0.3 is 5.97 Å². The lowest BCUT2D eigenvalue weighted by Gasteiger charge is -2.36. The molecule has 0 aliphatic carbocycles. The van der Waals surface area contributed by atoms with Crippen LogP contribution in [0.3, 0.4) is 0 Å². The molecule has 104 valence electrons. The molecule has 0 aromatic carbocycles. The number of carboxylic acids is 1. The van der Waals surface area contributed by atoms with E-state index in [1.54, 1.807) is 4.90 Å². The van der Waals surface area contributed by atoms with Gasteiger partial charge in [-0.05, 0) is 54.2 Å². The molecule has 0 bridgehead atoms.